The van der Waals surface area contributed by atoms with Crippen molar-refractivity contribution in [2.75, 3.05) is 10.5 Å². The zero-order valence-corrected chi connectivity index (χ0v) is 13.0. The highest BCUT2D eigenvalue weighted by Crippen LogP contribution is 2.31. The maximum absolute atomic E-state index is 13.3. The molecule has 0 bridgehead atoms. The van der Waals surface area contributed by atoms with Crippen LogP contribution in [0.5, 0.6) is 0 Å². The van der Waals surface area contributed by atoms with Gasteiger partial charge < -0.3 is 5.73 Å². The first-order valence-electron chi connectivity index (χ1n) is 5.13. The number of rotatable bonds is 3. The molecule has 3 N–H and O–H groups in total. The molecular formula is C11H10BrFN2O2S2. The summed E-state index contributed by atoms with van der Waals surface area (Å²) in [5.74, 6) is -0.663. The summed E-state index contributed by atoms with van der Waals surface area (Å²) in [6.07, 6.45) is 0. The second kappa shape index (κ2) is 5.10. The highest BCUT2D eigenvalue weighted by atomic mass is 79.9. The van der Waals surface area contributed by atoms with Crippen molar-refractivity contribution in [3.63, 3.8) is 0 Å². The Kier molecular flexibility index (Phi) is 3.84. The number of hydrogen-bond acceptors (Lipinski definition) is 4. The summed E-state index contributed by atoms with van der Waals surface area (Å²) in [5.41, 5.74) is 5.44. The first kappa shape index (κ1) is 14.3. The molecule has 0 aliphatic rings. The van der Waals surface area contributed by atoms with Crippen LogP contribution in [-0.4, -0.2) is 8.42 Å². The molecule has 2 aromatic rings. The number of anilines is 2. The Balaban J connectivity index is 2.36. The zero-order valence-electron chi connectivity index (χ0n) is 9.78. The normalized spacial score (nSPS) is 11.5. The van der Waals surface area contributed by atoms with Gasteiger partial charge in [0.2, 0.25) is 0 Å². The second-order valence-electron chi connectivity index (χ2n) is 3.81. The lowest BCUT2D eigenvalue weighted by Crippen LogP contribution is -2.13. The van der Waals surface area contributed by atoms with E-state index in [-0.39, 0.29) is 16.3 Å². The molecule has 8 heteroatoms. The molecule has 0 atom stereocenters. The zero-order chi connectivity index (χ0) is 14.2. The summed E-state index contributed by atoms with van der Waals surface area (Å²) in [6, 6.07) is 5.27. The van der Waals surface area contributed by atoms with Crippen LogP contribution < -0.4 is 10.5 Å². The molecule has 2 rings (SSSR count). The van der Waals surface area contributed by atoms with E-state index in [9.17, 15) is 12.8 Å². The van der Waals surface area contributed by atoms with E-state index in [0.717, 1.165) is 6.07 Å². The van der Waals surface area contributed by atoms with E-state index in [4.69, 9.17) is 5.73 Å². The van der Waals surface area contributed by atoms with Gasteiger partial charge in [-0.05, 0) is 41.1 Å². The Morgan fingerprint density at radius 1 is 1.37 bits per heavy atom. The predicted molar refractivity (Wildman–Crippen MR) is 78.4 cm³/mol. The van der Waals surface area contributed by atoms with Crippen LogP contribution in [0.4, 0.5) is 15.8 Å². The van der Waals surface area contributed by atoms with Crippen LogP contribution in [0.15, 0.2) is 32.9 Å². The molecule has 1 aromatic carbocycles. The maximum Gasteiger partial charge on any atom is 0.263 e. The van der Waals surface area contributed by atoms with Crippen LogP contribution in [0.3, 0.4) is 0 Å². The molecule has 1 aromatic heterocycles. The van der Waals surface area contributed by atoms with E-state index in [1.807, 2.05) is 0 Å². The molecule has 0 radical (unpaired) electrons. The number of nitrogens with two attached hydrogens (primary N) is 1. The van der Waals surface area contributed by atoms with Crippen LogP contribution in [0.2, 0.25) is 0 Å². The summed E-state index contributed by atoms with van der Waals surface area (Å²) in [6.45, 7) is 1.70. The molecule has 0 spiro atoms. The maximum atomic E-state index is 13.3. The van der Waals surface area contributed by atoms with Crippen LogP contribution in [0.1, 0.15) is 4.88 Å². The number of hydrogen-bond donors (Lipinski definition) is 2. The van der Waals surface area contributed by atoms with Crippen LogP contribution in [0, 0.1) is 12.7 Å². The highest BCUT2D eigenvalue weighted by Gasteiger charge is 2.19. The predicted octanol–water partition coefficient (Wildman–Crippen LogP) is 3.34. The molecule has 0 unspecified atom stereocenters. The van der Waals surface area contributed by atoms with E-state index < -0.39 is 15.8 Å². The minimum absolute atomic E-state index is 0.0302. The number of nitrogen functional groups attached to an aromatic ring is 1. The first-order chi connectivity index (χ1) is 8.79. The molecule has 4 nitrogen and oxygen atoms in total. The van der Waals surface area contributed by atoms with E-state index in [1.54, 1.807) is 6.92 Å². The average molecular weight is 365 g/mol. The lowest BCUT2D eigenvalue weighted by Gasteiger charge is -2.08. The average Bonchev–Trinajstić information content (AvgIpc) is 2.63. The fourth-order valence-corrected chi connectivity index (χ4v) is 4.96. The number of halogens is 2. The van der Waals surface area contributed by atoms with Crippen molar-refractivity contribution in [3.05, 3.63) is 38.7 Å². The van der Waals surface area contributed by atoms with Gasteiger partial charge in [0.1, 0.15) is 10.7 Å². The number of nitrogens with one attached hydrogen (secondary N) is 1. The number of aryl methyl sites for hydroxylation is 1. The molecule has 0 fully saturated rings. The van der Waals surface area contributed by atoms with Crippen molar-refractivity contribution in [1.82, 2.24) is 0 Å². The Morgan fingerprint density at radius 3 is 2.58 bits per heavy atom. The van der Waals surface area contributed by atoms with Gasteiger partial charge in [0.05, 0.1) is 15.2 Å². The number of sulfonamides is 1. The van der Waals surface area contributed by atoms with Crippen LogP contribution >= 0.6 is 27.3 Å². The quantitative estimate of drug-likeness (QED) is 0.820. The molecule has 0 aliphatic carbocycles. The van der Waals surface area contributed by atoms with Gasteiger partial charge in [-0.2, -0.15) is 0 Å². The van der Waals surface area contributed by atoms with Gasteiger partial charge in [0.25, 0.3) is 10.0 Å². The van der Waals surface area contributed by atoms with Gasteiger partial charge >= 0.3 is 0 Å². The van der Waals surface area contributed by atoms with Gasteiger partial charge in [-0.15, -0.1) is 11.3 Å². The fourth-order valence-electron chi connectivity index (χ4n) is 1.50. The Labute approximate surface area is 122 Å². The Hall–Kier alpha value is -1.12. The third kappa shape index (κ3) is 3.07. The summed E-state index contributed by atoms with van der Waals surface area (Å²) < 4.78 is 40.6. The van der Waals surface area contributed by atoms with Gasteiger partial charge in [0, 0.05) is 10.9 Å². The van der Waals surface area contributed by atoms with Crippen molar-refractivity contribution in [3.8, 4) is 0 Å². The monoisotopic (exact) mass is 364 g/mol. The smallest absolute Gasteiger partial charge is 0.263 e. The molecule has 102 valence electrons. The minimum Gasteiger partial charge on any atom is -0.396 e. The standard InChI is InChI=1S/C11H10BrFN2O2S2/c1-6-10(5-11(12)18-6)19(16,17)15-7-2-3-9(14)8(13)4-7/h2-5,15H,14H2,1H3. The summed E-state index contributed by atoms with van der Waals surface area (Å²) in [5, 5.41) is 0. The van der Waals surface area contributed by atoms with Gasteiger partial charge in [0.15, 0.2) is 0 Å². The van der Waals surface area contributed by atoms with Crippen molar-refractivity contribution in [1.29, 1.82) is 0 Å². The van der Waals surface area contributed by atoms with Crippen molar-refractivity contribution >= 4 is 48.7 Å². The first-order valence-corrected chi connectivity index (χ1v) is 8.22. The lowest BCUT2D eigenvalue weighted by atomic mass is 10.3. The SMILES string of the molecule is Cc1sc(Br)cc1S(=O)(=O)Nc1ccc(N)c(F)c1. The number of thiophene rings is 1. The molecule has 19 heavy (non-hydrogen) atoms. The van der Waals surface area contributed by atoms with E-state index in [1.165, 1.54) is 29.5 Å². The largest absolute Gasteiger partial charge is 0.396 e. The molecule has 0 saturated carbocycles. The van der Waals surface area contributed by atoms with E-state index in [2.05, 4.69) is 20.7 Å². The third-order valence-corrected chi connectivity index (χ3v) is 5.57. The van der Waals surface area contributed by atoms with Crippen LogP contribution in [-0.2, 0) is 10.0 Å². The van der Waals surface area contributed by atoms with Gasteiger partial charge in [-0.25, -0.2) is 12.8 Å². The molecule has 1 heterocycles. The topological polar surface area (TPSA) is 72.2 Å². The summed E-state index contributed by atoms with van der Waals surface area (Å²) in [4.78, 5) is 0.817. The van der Waals surface area contributed by atoms with Crippen molar-refractivity contribution in [2.45, 2.75) is 11.8 Å². The molecular weight excluding hydrogens is 355 g/mol. The van der Waals surface area contributed by atoms with E-state index in [0.29, 0.717) is 8.66 Å². The van der Waals surface area contributed by atoms with E-state index >= 15 is 0 Å². The minimum atomic E-state index is -3.73. The Bertz CT molecular complexity index is 728. The van der Waals surface area contributed by atoms with Gasteiger partial charge in [-0.1, -0.05) is 0 Å². The summed E-state index contributed by atoms with van der Waals surface area (Å²) in [7, 11) is -3.73. The number of benzene rings is 1. The lowest BCUT2D eigenvalue weighted by molar-refractivity contribution is 0.601. The fraction of sp³-hybridized carbons (Fsp3) is 0.0909. The van der Waals surface area contributed by atoms with Gasteiger partial charge in [-0.3, -0.25) is 4.72 Å². The molecule has 0 saturated heterocycles. The molecule has 0 aliphatic heterocycles. The van der Waals surface area contributed by atoms with Crippen molar-refractivity contribution in [2.24, 2.45) is 0 Å². The third-order valence-electron chi connectivity index (χ3n) is 2.38. The van der Waals surface area contributed by atoms with Crippen molar-refractivity contribution < 1.29 is 12.8 Å². The highest BCUT2D eigenvalue weighted by molar-refractivity contribution is 9.11. The molecule has 0 amide bonds. The second-order valence-corrected chi connectivity index (χ2v) is 8.10. The Morgan fingerprint density at radius 2 is 2.05 bits per heavy atom. The summed E-state index contributed by atoms with van der Waals surface area (Å²) >= 11 is 4.55. The van der Waals surface area contributed by atoms with Crippen LogP contribution in [0.25, 0.3) is 0 Å².